The molecule has 0 spiro atoms. The number of nitrogens with zero attached hydrogens (tertiary/aromatic N) is 3. The predicted octanol–water partition coefficient (Wildman–Crippen LogP) is 3.75. The van der Waals surface area contributed by atoms with Gasteiger partial charge in [-0.15, -0.1) is 0 Å². The Morgan fingerprint density at radius 2 is 1.82 bits per heavy atom. The van der Waals surface area contributed by atoms with Crippen molar-refractivity contribution in [3.8, 4) is 0 Å². The van der Waals surface area contributed by atoms with Crippen LogP contribution >= 0.6 is 0 Å². The summed E-state index contributed by atoms with van der Waals surface area (Å²) in [5.41, 5.74) is 4.21. The van der Waals surface area contributed by atoms with Crippen LogP contribution in [-0.2, 0) is 0 Å². The van der Waals surface area contributed by atoms with Gasteiger partial charge in [0, 0.05) is 17.4 Å². The Kier molecular flexibility index (Phi) is 4.43. The Morgan fingerprint density at radius 1 is 1.07 bits per heavy atom. The fourth-order valence-corrected chi connectivity index (χ4v) is 3.25. The normalized spacial score (nSPS) is 15.4. The molecule has 1 aliphatic rings. The van der Waals surface area contributed by atoms with Crippen LogP contribution in [0, 0.1) is 26.6 Å². The highest BCUT2D eigenvalue weighted by Crippen LogP contribution is 2.26. The van der Waals surface area contributed by atoms with Crippen molar-refractivity contribution in [2.24, 2.45) is 4.99 Å². The molecule has 2 heterocycles. The molecule has 1 atom stereocenters. The largest absolute Gasteiger partial charge is 0.326 e. The number of benzene rings is 2. The van der Waals surface area contributed by atoms with Gasteiger partial charge in [-0.2, -0.15) is 0 Å². The molecule has 7 heteroatoms. The van der Waals surface area contributed by atoms with Gasteiger partial charge in [-0.05, 0) is 50.1 Å². The number of nitrogens with one attached hydrogen (secondary N) is 2. The van der Waals surface area contributed by atoms with Crippen molar-refractivity contribution in [2.45, 2.75) is 26.9 Å². The van der Waals surface area contributed by atoms with E-state index in [0.29, 0.717) is 23.2 Å². The first kappa shape index (κ1) is 17.9. The first-order chi connectivity index (χ1) is 13.4. The molecule has 0 amide bonds. The number of halogens is 1. The maximum atomic E-state index is 13.4. The van der Waals surface area contributed by atoms with Gasteiger partial charge in [0.05, 0.1) is 0 Å². The second-order valence-corrected chi connectivity index (χ2v) is 6.90. The van der Waals surface area contributed by atoms with E-state index in [4.69, 9.17) is 0 Å². The van der Waals surface area contributed by atoms with Gasteiger partial charge in [0.15, 0.2) is 6.17 Å². The zero-order chi connectivity index (χ0) is 19.8. The van der Waals surface area contributed by atoms with E-state index in [0.717, 1.165) is 11.3 Å². The van der Waals surface area contributed by atoms with E-state index in [2.05, 4.69) is 26.7 Å². The molecule has 0 bridgehead atoms. The lowest BCUT2D eigenvalue weighted by Gasteiger charge is -2.27. The Bertz CT molecular complexity index is 1130. The fraction of sp³-hybridized carbons (Fsp3) is 0.190. The number of guanidine groups is 1. The first-order valence-corrected chi connectivity index (χ1v) is 8.95. The molecule has 1 aromatic heterocycles. The molecule has 142 valence electrons. The van der Waals surface area contributed by atoms with Crippen LogP contribution < -0.4 is 16.2 Å². The molecule has 2 N–H and O–H groups in total. The predicted molar refractivity (Wildman–Crippen MR) is 108 cm³/mol. The molecular weight excluding hydrogens is 357 g/mol. The maximum absolute atomic E-state index is 13.4. The highest BCUT2D eigenvalue weighted by atomic mass is 19.1. The smallest absolute Gasteiger partial charge is 0.257 e. The van der Waals surface area contributed by atoms with Crippen molar-refractivity contribution in [3.63, 3.8) is 0 Å². The number of aliphatic imine (C=N–C) groups is 1. The van der Waals surface area contributed by atoms with Crippen molar-refractivity contribution >= 4 is 17.6 Å². The molecule has 6 nitrogen and oxygen atoms in total. The zero-order valence-electron chi connectivity index (χ0n) is 15.8. The summed E-state index contributed by atoms with van der Waals surface area (Å²) in [6.45, 7) is 5.81. The van der Waals surface area contributed by atoms with Gasteiger partial charge in [0.2, 0.25) is 11.9 Å². The number of aryl methyl sites for hydroxylation is 3. The molecule has 0 saturated heterocycles. The van der Waals surface area contributed by atoms with Crippen LogP contribution in [0.15, 0.2) is 58.3 Å². The van der Waals surface area contributed by atoms with Crippen LogP contribution in [0.3, 0.4) is 0 Å². The van der Waals surface area contributed by atoms with Crippen molar-refractivity contribution in [1.29, 1.82) is 0 Å². The standard InChI is InChI=1S/C21H20FN5O/c1-12-4-9-17(13(2)10-12)24-20-25-19(15-5-7-16(22)8-6-15)27-18(28)11-14(3)23-21(27)26-20/h4-11,19H,1-3H3,(H2,23,24,25,26)/t19-/m0/s1. The third-order valence-electron chi connectivity index (χ3n) is 4.61. The summed E-state index contributed by atoms with van der Waals surface area (Å²) in [7, 11) is 0. The third kappa shape index (κ3) is 3.38. The summed E-state index contributed by atoms with van der Waals surface area (Å²) >= 11 is 0. The summed E-state index contributed by atoms with van der Waals surface area (Å²) in [5.74, 6) is 0.519. The van der Waals surface area contributed by atoms with E-state index in [1.165, 1.54) is 28.3 Å². The molecule has 0 saturated carbocycles. The monoisotopic (exact) mass is 377 g/mol. The molecule has 0 fully saturated rings. The molecule has 2 aromatic carbocycles. The highest BCUT2D eigenvalue weighted by molar-refractivity contribution is 6.04. The van der Waals surface area contributed by atoms with Crippen molar-refractivity contribution < 1.29 is 4.39 Å². The van der Waals surface area contributed by atoms with Gasteiger partial charge < -0.3 is 5.32 Å². The van der Waals surface area contributed by atoms with Crippen LogP contribution in [0.2, 0.25) is 0 Å². The van der Waals surface area contributed by atoms with Crippen molar-refractivity contribution in [1.82, 2.24) is 9.55 Å². The van der Waals surface area contributed by atoms with Gasteiger partial charge in [-0.3, -0.25) is 14.7 Å². The molecule has 3 aromatic rings. The maximum Gasteiger partial charge on any atom is 0.257 e. The lowest BCUT2D eigenvalue weighted by atomic mass is 10.1. The number of fused-ring (bicyclic) bond motifs is 1. The van der Waals surface area contributed by atoms with E-state index < -0.39 is 6.17 Å². The molecule has 0 unspecified atom stereocenters. The minimum atomic E-state index is -0.647. The highest BCUT2D eigenvalue weighted by Gasteiger charge is 2.25. The number of anilines is 2. The summed E-state index contributed by atoms with van der Waals surface area (Å²) in [6, 6.07) is 13.5. The summed E-state index contributed by atoms with van der Waals surface area (Å²) in [5, 5.41) is 6.37. The fourth-order valence-electron chi connectivity index (χ4n) is 3.25. The van der Waals surface area contributed by atoms with Gasteiger partial charge in [-0.1, -0.05) is 29.8 Å². The van der Waals surface area contributed by atoms with Crippen molar-refractivity contribution in [3.05, 3.63) is 87.1 Å². The molecule has 28 heavy (non-hydrogen) atoms. The third-order valence-corrected chi connectivity index (χ3v) is 4.61. The van der Waals surface area contributed by atoms with Crippen LogP contribution in [-0.4, -0.2) is 15.5 Å². The second-order valence-electron chi connectivity index (χ2n) is 6.90. The van der Waals surface area contributed by atoms with E-state index in [9.17, 15) is 9.18 Å². The number of rotatable bonds is 2. The lowest BCUT2D eigenvalue weighted by molar-refractivity contribution is 0.573. The lowest BCUT2D eigenvalue weighted by Crippen LogP contribution is -2.37. The van der Waals surface area contributed by atoms with E-state index in [-0.39, 0.29) is 11.4 Å². The van der Waals surface area contributed by atoms with Gasteiger partial charge in [0.1, 0.15) is 5.82 Å². The number of hydrogen-bond acceptors (Lipinski definition) is 5. The Hall–Kier alpha value is -3.48. The van der Waals surface area contributed by atoms with E-state index in [1.54, 1.807) is 19.1 Å². The van der Waals surface area contributed by atoms with Crippen LogP contribution in [0.1, 0.15) is 28.6 Å². The quantitative estimate of drug-likeness (QED) is 0.714. The average molecular weight is 377 g/mol. The van der Waals surface area contributed by atoms with E-state index >= 15 is 0 Å². The van der Waals surface area contributed by atoms with Crippen molar-refractivity contribution in [2.75, 3.05) is 10.6 Å². The summed E-state index contributed by atoms with van der Waals surface area (Å²) in [4.78, 5) is 21.7. The van der Waals surface area contributed by atoms with Gasteiger partial charge in [0.25, 0.3) is 5.56 Å². The number of hydrogen-bond donors (Lipinski definition) is 2. The Balaban J connectivity index is 1.80. The van der Waals surface area contributed by atoms with Crippen LogP contribution in [0.5, 0.6) is 0 Å². The summed E-state index contributed by atoms with van der Waals surface area (Å²) in [6.07, 6.45) is -0.647. The number of aromatic nitrogens is 2. The Labute approximate surface area is 161 Å². The average Bonchev–Trinajstić information content (AvgIpc) is 2.63. The Morgan fingerprint density at radius 3 is 2.54 bits per heavy atom. The molecule has 4 rings (SSSR count). The zero-order valence-corrected chi connectivity index (χ0v) is 15.8. The minimum Gasteiger partial charge on any atom is -0.326 e. The van der Waals surface area contributed by atoms with Crippen LogP contribution in [0.25, 0.3) is 0 Å². The second kappa shape index (κ2) is 6.92. The van der Waals surface area contributed by atoms with Gasteiger partial charge >= 0.3 is 0 Å². The molecular formula is C21H20FN5O. The SMILES string of the molecule is Cc1ccc(NC2=N[C@H](c3ccc(F)cc3)n3c(nc(C)cc3=O)N2)c(C)c1. The molecule has 0 aliphatic carbocycles. The minimum absolute atomic E-state index is 0.223. The molecule has 1 aliphatic heterocycles. The van der Waals surface area contributed by atoms with Gasteiger partial charge in [-0.25, -0.2) is 14.4 Å². The topological polar surface area (TPSA) is 71.3 Å². The van der Waals surface area contributed by atoms with Crippen LogP contribution in [0.4, 0.5) is 16.0 Å². The van der Waals surface area contributed by atoms with E-state index in [1.807, 2.05) is 26.0 Å². The molecule has 0 radical (unpaired) electrons. The first-order valence-electron chi connectivity index (χ1n) is 8.95. The summed E-state index contributed by atoms with van der Waals surface area (Å²) < 4.78 is 14.8.